The molecule has 1 N–H and O–H groups in total. The van der Waals surface area contributed by atoms with Gasteiger partial charge < -0.3 is 14.5 Å². The van der Waals surface area contributed by atoms with Crippen molar-refractivity contribution in [1.29, 1.82) is 0 Å². The lowest BCUT2D eigenvalue weighted by Gasteiger charge is -2.59. The lowest BCUT2D eigenvalue weighted by Crippen LogP contribution is -2.67. The molecule has 1 aliphatic carbocycles. The molecule has 2 heterocycles. The lowest BCUT2D eigenvalue weighted by molar-refractivity contribution is -0.0795. The molecule has 0 radical (unpaired) electrons. The number of nitrogens with one attached hydrogen (secondary N) is 1. The van der Waals surface area contributed by atoms with E-state index in [0.717, 1.165) is 52.0 Å². The highest BCUT2D eigenvalue weighted by molar-refractivity contribution is 7.89. The van der Waals surface area contributed by atoms with Crippen LogP contribution in [0, 0.1) is 11.3 Å². The van der Waals surface area contributed by atoms with Crippen molar-refractivity contribution in [3.05, 3.63) is 0 Å². The molecule has 1 saturated carbocycles. The molecule has 1 spiro atoms. The quantitative estimate of drug-likeness (QED) is 0.776. The highest BCUT2D eigenvalue weighted by atomic mass is 32.2. The lowest BCUT2D eigenvalue weighted by atomic mass is 9.61. The fourth-order valence-corrected chi connectivity index (χ4v) is 5.38. The Bertz CT molecular complexity index is 629. The van der Waals surface area contributed by atoms with Crippen molar-refractivity contribution >= 4 is 16.1 Å². The molecule has 1 amide bonds. The van der Waals surface area contributed by atoms with E-state index in [1.54, 1.807) is 6.92 Å². The molecular weight excluding hydrogens is 354 g/mol. The Morgan fingerprint density at radius 3 is 2.50 bits per heavy atom. The number of carbonyl (C=O) groups excluding carboxylic acids is 1. The van der Waals surface area contributed by atoms with Gasteiger partial charge in [0, 0.05) is 38.8 Å². The van der Waals surface area contributed by atoms with Crippen LogP contribution in [0.3, 0.4) is 0 Å². The number of ether oxygens (including phenoxy) is 1. The van der Waals surface area contributed by atoms with E-state index in [0.29, 0.717) is 11.3 Å². The third-order valence-electron chi connectivity index (χ3n) is 5.66. The van der Waals surface area contributed by atoms with Gasteiger partial charge in [-0.3, -0.25) is 0 Å². The number of hydrogen-bond acceptors (Lipinski definition) is 5. The van der Waals surface area contributed by atoms with Crippen LogP contribution in [0.4, 0.5) is 4.79 Å². The monoisotopic (exact) mass is 387 g/mol. The van der Waals surface area contributed by atoms with Gasteiger partial charge in [0.05, 0.1) is 5.75 Å². The van der Waals surface area contributed by atoms with Crippen LogP contribution in [0.1, 0.15) is 47.0 Å². The average molecular weight is 388 g/mol. The van der Waals surface area contributed by atoms with Gasteiger partial charge in [-0.25, -0.2) is 17.9 Å². The van der Waals surface area contributed by atoms with Crippen molar-refractivity contribution in [3.63, 3.8) is 0 Å². The molecule has 3 aliphatic rings. The van der Waals surface area contributed by atoms with Gasteiger partial charge in [-0.15, -0.1) is 0 Å². The van der Waals surface area contributed by atoms with Gasteiger partial charge in [-0.05, 0) is 58.3 Å². The van der Waals surface area contributed by atoms with Crippen molar-refractivity contribution in [2.45, 2.75) is 58.6 Å². The van der Waals surface area contributed by atoms with Crippen molar-refractivity contribution in [2.24, 2.45) is 11.3 Å². The van der Waals surface area contributed by atoms with Crippen LogP contribution in [0.5, 0.6) is 0 Å². The second-order valence-corrected chi connectivity index (χ2v) is 11.4. The normalized spacial score (nSPS) is 26.6. The highest BCUT2D eigenvalue weighted by Crippen LogP contribution is 2.48. The van der Waals surface area contributed by atoms with E-state index in [1.807, 2.05) is 25.7 Å². The second kappa shape index (κ2) is 6.95. The third-order valence-corrected chi connectivity index (χ3v) is 7.11. The van der Waals surface area contributed by atoms with E-state index in [2.05, 4.69) is 9.62 Å². The van der Waals surface area contributed by atoms with E-state index in [9.17, 15) is 13.2 Å². The average Bonchev–Trinajstić information content (AvgIpc) is 2.89. The molecule has 0 aromatic rings. The summed E-state index contributed by atoms with van der Waals surface area (Å²) in [4.78, 5) is 16.4. The minimum absolute atomic E-state index is 0.122. The first-order valence-corrected chi connectivity index (χ1v) is 11.3. The summed E-state index contributed by atoms with van der Waals surface area (Å²) in [5.41, 5.74) is -0.122. The molecule has 0 aromatic heterocycles. The maximum Gasteiger partial charge on any atom is 0.410 e. The molecular formula is C18H33N3O4S. The number of sulfonamides is 1. The van der Waals surface area contributed by atoms with Crippen molar-refractivity contribution < 1.29 is 17.9 Å². The number of carbonyl (C=O) groups is 1. The minimum Gasteiger partial charge on any atom is -0.444 e. The second-order valence-electron chi connectivity index (χ2n) is 9.38. The van der Waals surface area contributed by atoms with Gasteiger partial charge >= 0.3 is 6.09 Å². The fourth-order valence-electron chi connectivity index (χ4n) is 4.54. The third kappa shape index (κ3) is 4.70. The van der Waals surface area contributed by atoms with Crippen LogP contribution in [-0.2, 0) is 14.8 Å². The van der Waals surface area contributed by atoms with Crippen LogP contribution in [-0.4, -0.2) is 74.4 Å². The Kier molecular flexibility index (Phi) is 5.31. The van der Waals surface area contributed by atoms with Crippen LogP contribution in [0.25, 0.3) is 0 Å². The van der Waals surface area contributed by atoms with Crippen molar-refractivity contribution in [3.8, 4) is 0 Å². The first-order valence-electron chi connectivity index (χ1n) is 9.69. The van der Waals surface area contributed by atoms with E-state index in [4.69, 9.17) is 4.74 Å². The summed E-state index contributed by atoms with van der Waals surface area (Å²) in [5.74, 6) is 0.660. The van der Waals surface area contributed by atoms with E-state index < -0.39 is 15.6 Å². The van der Waals surface area contributed by atoms with Crippen LogP contribution in [0.2, 0.25) is 0 Å². The summed E-state index contributed by atoms with van der Waals surface area (Å²) in [6.45, 7) is 12.0. The maximum absolute atomic E-state index is 12.1. The molecule has 7 nitrogen and oxygen atoms in total. The Morgan fingerprint density at radius 1 is 1.27 bits per heavy atom. The van der Waals surface area contributed by atoms with Crippen LogP contribution in [0.15, 0.2) is 0 Å². The summed E-state index contributed by atoms with van der Waals surface area (Å²) < 4.78 is 31.5. The molecule has 8 heteroatoms. The zero-order chi connectivity index (χ0) is 19.2. The molecule has 1 atom stereocenters. The molecule has 26 heavy (non-hydrogen) atoms. The molecule has 0 bridgehead atoms. The summed E-state index contributed by atoms with van der Waals surface area (Å²) in [5, 5.41) is 0. The van der Waals surface area contributed by atoms with E-state index in [1.165, 1.54) is 0 Å². The maximum atomic E-state index is 12.1. The predicted octanol–water partition coefficient (Wildman–Crippen LogP) is 1.65. The smallest absolute Gasteiger partial charge is 0.410 e. The zero-order valence-electron chi connectivity index (χ0n) is 16.5. The molecule has 3 fully saturated rings. The van der Waals surface area contributed by atoms with Gasteiger partial charge in [0.2, 0.25) is 10.0 Å². The Labute approximate surface area is 157 Å². The molecule has 2 saturated heterocycles. The first-order chi connectivity index (χ1) is 12.0. The SMILES string of the molecule is CCS(=O)(=O)NC1CC2(C1)CN(C[C@@H]1CCN(C(=O)OC(C)(C)C)C1)C2. The fraction of sp³-hybridized carbons (Fsp3) is 0.944. The minimum atomic E-state index is -3.09. The number of rotatable bonds is 5. The molecule has 0 aromatic carbocycles. The number of amides is 1. The number of nitrogens with zero attached hydrogens (tertiary/aromatic N) is 2. The molecule has 2 aliphatic heterocycles. The first kappa shape index (κ1) is 19.9. The number of hydrogen-bond donors (Lipinski definition) is 1. The van der Waals surface area contributed by atoms with Crippen LogP contribution < -0.4 is 4.72 Å². The summed E-state index contributed by atoms with van der Waals surface area (Å²) in [6, 6.07) is 0.122. The van der Waals surface area contributed by atoms with Gasteiger partial charge in [0.1, 0.15) is 5.60 Å². The van der Waals surface area contributed by atoms with Gasteiger partial charge in [0.25, 0.3) is 0 Å². The van der Waals surface area contributed by atoms with Gasteiger partial charge in [-0.1, -0.05) is 0 Å². The Balaban J connectivity index is 1.35. The topological polar surface area (TPSA) is 79.0 Å². The van der Waals surface area contributed by atoms with Gasteiger partial charge in [0.15, 0.2) is 0 Å². The molecule has 3 rings (SSSR count). The highest BCUT2D eigenvalue weighted by Gasteiger charge is 2.53. The standard InChI is InChI=1S/C18H33N3O4S/c1-5-26(23,24)19-15-8-18(9-15)12-20(13-18)10-14-6-7-21(11-14)16(22)25-17(2,3)4/h14-15,19H,5-13H2,1-4H3/t14-/m0/s1. The summed E-state index contributed by atoms with van der Waals surface area (Å²) >= 11 is 0. The van der Waals surface area contributed by atoms with E-state index in [-0.39, 0.29) is 17.9 Å². The summed E-state index contributed by atoms with van der Waals surface area (Å²) in [6.07, 6.45) is 2.74. The predicted molar refractivity (Wildman–Crippen MR) is 100 cm³/mol. The summed E-state index contributed by atoms with van der Waals surface area (Å²) in [7, 11) is -3.09. The Morgan fingerprint density at radius 2 is 1.92 bits per heavy atom. The van der Waals surface area contributed by atoms with Crippen LogP contribution >= 0.6 is 0 Å². The van der Waals surface area contributed by atoms with Crippen molar-refractivity contribution in [2.75, 3.05) is 38.5 Å². The number of likely N-dealkylation sites (tertiary alicyclic amines) is 2. The Hall–Kier alpha value is -0.860. The zero-order valence-corrected chi connectivity index (χ0v) is 17.3. The molecule has 150 valence electrons. The van der Waals surface area contributed by atoms with Crippen molar-refractivity contribution in [1.82, 2.24) is 14.5 Å². The van der Waals surface area contributed by atoms with E-state index >= 15 is 0 Å². The van der Waals surface area contributed by atoms with Gasteiger partial charge in [-0.2, -0.15) is 0 Å². The molecule has 0 unspecified atom stereocenters. The largest absolute Gasteiger partial charge is 0.444 e.